The Hall–Kier alpha value is -2.44. The standard InChI is InChI=1S/C21H25N5O/c27-20-25-13-4-3-7-18(25)24-26(20)14-12-23-19-17-6-2-1-5-16(17)15-21(19)8-10-22-11-9-21/h1-7,13,19,22-23H,8-12,14-15H2. The van der Waals surface area contributed by atoms with Gasteiger partial charge in [0.2, 0.25) is 0 Å². The second-order valence-corrected chi connectivity index (χ2v) is 7.81. The molecule has 2 aliphatic rings. The zero-order valence-electron chi connectivity index (χ0n) is 15.4. The molecule has 0 saturated carbocycles. The van der Waals surface area contributed by atoms with E-state index in [2.05, 4.69) is 40.0 Å². The molecule has 2 aromatic heterocycles. The molecular weight excluding hydrogens is 338 g/mol. The molecule has 1 aliphatic carbocycles. The molecule has 3 heterocycles. The third-order valence-corrected chi connectivity index (χ3v) is 6.28. The van der Waals surface area contributed by atoms with Gasteiger partial charge in [0.15, 0.2) is 5.65 Å². The van der Waals surface area contributed by atoms with E-state index in [1.54, 1.807) is 15.3 Å². The Bertz CT molecular complexity index is 1010. The normalized spacial score (nSPS) is 21.0. The lowest BCUT2D eigenvalue weighted by Crippen LogP contribution is -2.44. The lowest BCUT2D eigenvalue weighted by atomic mass is 9.73. The first-order chi connectivity index (χ1) is 13.3. The minimum atomic E-state index is -0.0733. The molecule has 3 aromatic rings. The van der Waals surface area contributed by atoms with Gasteiger partial charge in [-0.15, -0.1) is 5.10 Å². The molecule has 0 radical (unpaired) electrons. The predicted octanol–water partition coefficient (Wildman–Crippen LogP) is 1.75. The molecular formula is C21H25N5O. The average Bonchev–Trinajstić information content (AvgIpc) is 3.18. The molecule has 1 aliphatic heterocycles. The van der Waals surface area contributed by atoms with Crippen molar-refractivity contribution in [1.29, 1.82) is 0 Å². The van der Waals surface area contributed by atoms with E-state index < -0.39 is 0 Å². The topological polar surface area (TPSA) is 63.4 Å². The summed E-state index contributed by atoms with van der Waals surface area (Å²) in [5.74, 6) is 0. The highest BCUT2D eigenvalue weighted by atomic mass is 16.2. The number of piperidine rings is 1. The zero-order chi connectivity index (χ0) is 18.3. The number of aromatic nitrogens is 3. The van der Waals surface area contributed by atoms with Gasteiger partial charge in [-0.1, -0.05) is 30.3 Å². The number of nitrogens with one attached hydrogen (secondary N) is 2. The third kappa shape index (κ3) is 2.80. The molecule has 1 fully saturated rings. The van der Waals surface area contributed by atoms with Gasteiger partial charge in [0, 0.05) is 18.8 Å². The molecule has 1 spiro atoms. The number of hydrogen-bond acceptors (Lipinski definition) is 4. The van der Waals surface area contributed by atoms with E-state index in [0.29, 0.717) is 23.6 Å². The Labute approximate surface area is 158 Å². The van der Waals surface area contributed by atoms with Crippen molar-refractivity contribution in [3.8, 4) is 0 Å². The van der Waals surface area contributed by atoms with E-state index in [9.17, 15) is 4.79 Å². The maximum Gasteiger partial charge on any atom is 0.350 e. The summed E-state index contributed by atoms with van der Waals surface area (Å²) < 4.78 is 3.16. The minimum absolute atomic E-state index is 0.0733. The maximum absolute atomic E-state index is 12.5. The Morgan fingerprint density at radius 1 is 1.15 bits per heavy atom. The average molecular weight is 363 g/mol. The molecule has 1 aromatic carbocycles. The molecule has 2 N–H and O–H groups in total. The van der Waals surface area contributed by atoms with Crippen LogP contribution in [0.3, 0.4) is 0 Å². The summed E-state index contributed by atoms with van der Waals surface area (Å²) in [6.07, 6.45) is 5.30. The highest BCUT2D eigenvalue weighted by molar-refractivity contribution is 5.38. The number of rotatable bonds is 4. The molecule has 0 amide bonds. The van der Waals surface area contributed by atoms with Crippen LogP contribution in [0.4, 0.5) is 0 Å². The lowest BCUT2D eigenvalue weighted by molar-refractivity contribution is 0.148. The van der Waals surface area contributed by atoms with E-state index >= 15 is 0 Å². The summed E-state index contributed by atoms with van der Waals surface area (Å²) >= 11 is 0. The molecule has 5 rings (SSSR count). The fourth-order valence-corrected chi connectivity index (χ4v) is 4.93. The molecule has 1 atom stereocenters. The quantitative estimate of drug-likeness (QED) is 0.741. The molecule has 0 bridgehead atoms. The second-order valence-electron chi connectivity index (χ2n) is 7.81. The summed E-state index contributed by atoms with van der Waals surface area (Å²) in [6.45, 7) is 3.47. The Morgan fingerprint density at radius 3 is 2.81 bits per heavy atom. The maximum atomic E-state index is 12.5. The van der Waals surface area contributed by atoms with Crippen LogP contribution in [0.15, 0.2) is 53.5 Å². The molecule has 6 nitrogen and oxygen atoms in total. The smallest absolute Gasteiger partial charge is 0.317 e. The van der Waals surface area contributed by atoms with Crippen LogP contribution in [-0.2, 0) is 13.0 Å². The van der Waals surface area contributed by atoms with E-state index in [-0.39, 0.29) is 5.69 Å². The number of hydrogen-bond donors (Lipinski definition) is 2. The first-order valence-electron chi connectivity index (χ1n) is 9.83. The summed E-state index contributed by atoms with van der Waals surface area (Å²) in [7, 11) is 0. The summed E-state index contributed by atoms with van der Waals surface area (Å²) in [4.78, 5) is 12.5. The van der Waals surface area contributed by atoms with E-state index in [4.69, 9.17) is 0 Å². The van der Waals surface area contributed by atoms with Gasteiger partial charge in [0.05, 0.1) is 6.54 Å². The van der Waals surface area contributed by atoms with E-state index in [1.807, 2.05) is 18.2 Å². The number of fused-ring (bicyclic) bond motifs is 2. The number of pyridine rings is 1. The summed E-state index contributed by atoms with van der Waals surface area (Å²) in [5.41, 5.74) is 3.82. The van der Waals surface area contributed by atoms with Crippen molar-refractivity contribution >= 4 is 5.65 Å². The van der Waals surface area contributed by atoms with Gasteiger partial charge < -0.3 is 10.6 Å². The monoisotopic (exact) mass is 363 g/mol. The van der Waals surface area contributed by atoms with Gasteiger partial charge in [-0.05, 0) is 61.0 Å². The van der Waals surface area contributed by atoms with Crippen LogP contribution in [0.1, 0.15) is 30.0 Å². The minimum Gasteiger partial charge on any atom is -0.317 e. The molecule has 27 heavy (non-hydrogen) atoms. The van der Waals surface area contributed by atoms with E-state index in [1.165, 1.54) is 24.0 Å². The van der Waals surface area contributed by atoms with Gasteiger partial charge in [0.1, 0.15) is 0 Å². The molecule has 1 saturated heterocycles. The fraction of sp³-hybridized carbons (Fsp3) is 0.429. The van der Waals surface area contributed by atoms with Gasteiger partial charge in [-0.2, -0.15) is 0 Å². The Morgan fingerprint density at radius 2 is 1.96 bits per heavy atom. The Kier molecular flexibility index (Phi) is 4.10. The molecule has 140 valence electrons. The summed E-state index contributed by atoms with van der Waals surface area (Å²) in [6, 6.07) is 14.8. The van der Waals surface area contributed by atoms with Crippen LogP contribution in [0.25, 0.3) is 5.65 Å². The van der Waals surface area contributed by atoms with Crippen molar-refractivity contribution in [1.82, 2.24) is 24.8 Å². The van der Waals surface area contributed by atoms with Crippen molar-refractivity contribution in [2.24, 2.45) is 5.41 Å². The highest BCUT2D eigenvalue weighted by Crippen LogP contribution is 2.50. The van der Waals surface area contributed by atoms with Crippen molar-refractivity contribution in [3.05, 3.63) is 70.3 Å². The second kappa shape index (κ2) is 6.62. The van der Waals surface area contributed by atoms with Crippen LogP contribution >= 0.6 is 0 Å². The zero-order valence-corrected chi connectivity index (χ0v) is 15.4. The first-order valence-corrected chi connectivity index (χ1v) is 9.83. The van der Waals surface area contributed by atoms with Crippen molar-refractivity contribution < 1.29 is 0 Å². The molecule has 6 heteroatoms. The predicted molar refractivity (Wildman–Crippen MR) is 105 cm³/mol. The van der Waals surface area contributed by atoms with Crippen molar-refractivity contribution in [2.75, 3.05) is 19.6 Å². The number of nitrogens with zero attached hydrogens (tertiary/aromatic N) is 3. The number of benzene rings is 1. The highest BCUT2D eigenvalue weighted by Gasteiger charge is 2.45. The first kappa shape index (κ1) is 16.7. The van der Waals surface area contributed by atoms with Gasteiger partial charge in [-0.3, -0.25) is 4.40 Å². The van der Waals surface area contributed by atoms with Crippen LogP contribution in [-0.4, -0.2) is 33.8 Å². The van der Waals surface area contributed by atoms with Crippen LogP contribution < -0.4 is 16.3 Å². The lowest BCUT2D eigenvalue weighted by Gasteiger charge is -2.40. The van der Waals surface area contributed by atoms with Crippen molar-refractivity contribution in [2.45, 2.75) is 31.8 Å². The van der Waals surface area contributed by atoms with Crippen LogP contribution in [0.2, 0.25) is 0 Å². The van der Waals surface area contributed by atoms with E-state index in [0.717, 1.165) is 26.1 Å². The van der Waals surface area contributed by atoms with Gasteiger partial charge in [0.25, 0.3) is 0 Å². The molecule has 1 unspecified atom stereocenters. The largest absolute Gasteiger partial charge is 0.350 e. The van der Waals surface area contributed by atoms with Gasteiger partial charge in [-0.25, -0.2) is 9.48 Å². The SMILES string of the molecule is O=c1n(CCNC2c3ccccc3CC23CCNCC3)nc2ccccn12. The van der Waals surface area contributed by atoms with Gasteiger partial charge >= 0.3 is 5.69 Å². The van der Waals surface area contributed by atoms with Crippen molar-refractivity contribution in [3.63, 3.8) is 0 Å². The van der Waals surface area contributed by atoms with Crippen LogP contribution in [0, 0.1) is 5.41 Å². The Balaban J connectivity index is 1.36. The summed E-state index contributed by atoms with van der Waals surface area (Å²) in [5, 5.41) is 11.7. The fourth-order valence-electron chi connectivity index (χ4n) is 4.93. The van der Waals surface area contributed by atoms with Crippen LogP contribution in [0.5, 0.6) is 0 Å². The third-order valence-electron chi connectivity index (χ3n) is 6.28.